The molecule has 1 aliphatic heterocycles. The fourth-order valence-electron chi connectivity index (χ4n) is 3.90. The molecule has 5 heteroatoms. The van der Waals surface area contributed by atoms with Gasteiger partial charge in [0.1, 0.15) is 18.3 Å². The molecule has 178 valence electrons. The topological polar surface area (TPSA) is 46.2 Å². The van der Waals surface area contributed by atoms with E-state index in [1.165, 1.54) is 0 Å². The molecule has 0 amide bonds. The molecule has 0 radical (unpaired) electrons. The van der Waals surface area contributed by atoms with Crippen molar-refractivity contribution in [3.63, 3.8) is 0 Å². The van der Waals surface area contributed by atoms with Gasteiger partial charge in [-0.25, -0.2) is 0 Å². The molecule has 34 heavy (non-hydrogen) atoms. The summed E-state index contributed by atoms with van der Waals surface area (Å²) in [7, 11) is 0. The first kappa shape index (κ1) is 24.3. The van der Waals surface area contributed by atoms with Gasteiger partial charge in [-0.1, -0.05) is 97.1 Å². The standard InChI is InChI=1S/C29H32O5/c1-2-18-31-29-28(33-21-25-16-10-5-11-17-25)27(32-20-24-14-8-4-9-15-24)26(34-29)22-30-19-23-12-6-3-7-13-23/h2-17,26-29H,1,18-22H2/t26-,27-,28+,29?/m0/s1. The molecule has 0 N–H and O–H groups in total. The number of hydrogen-bond donors (Lipinski definition) is 0. The van der Waals surface area contributed by atoms with E-state index in [-0.39, 0.29) is 12.2 Å². The predicted octanol–water partition coefficient (Wildman–Crippen LogP) is 5.30. The van der Waals surface area contributed by atoms with Crippen molar-refractivity contribution in [2.24, 2.45) is 0 Å². The van der Waals surface area contributed by atoms with Crippen LogP contribution in [-0.2, 0) is 43.5 Å². The monoisotopic (exact) mass is 460 g/mol. The average molecular weight is 461 g/mol. The Hall–Kier alpha value is -2.80. The minimum atomic E-state index is -0.576. The highest BCUT2D eigenvalue weighted by Gasteiger charge is 2.47. The first-order valence-electron chi connectivity index (χ1n) is 11.6. The second-order valence-electron chi connectivity index (χ2n) is 8.19. The van der Waals surface area contributed by atoms with Gasteiger partial charge in [0.05, 0.1) is 33.0 Å². The Morgan fingerprint density at radius 1 is 0.647 bits per heavy atom. The maximum atomic E-state index is 6.38. The Morgan fingerprint density at radius 2 is 1.15 bits per heavy atom. The Bertz CT molecular complexity index is 964. The molecule has 3 aromatic rings. The summed E-state index contributed by atoms with van der Waals surface area (Å²) in [5.74, 6) is 0. The van der Waals surface area contributed by atoms with Crippen molar-refractivity contribution >= 4 is 0 Å². The lowest BCUT2D eigenvalue weighted by Gasteiger charge is -2.25. The van der Waals surface area contributed by atoms with E-state index in [9.17, 15) is 0 Å². The molecule has 1 unspecified atom stereocenters. The lowest BCUT2D eigenvalue weighted by molar-refractivity contribution is -0.179. The summed E-state index contributed by atoms with van der Waals surface area (Å²) in [6, 6.07) is 30.2. The molecule has 1 heterocycles. The van der Waals surface area contributed by atoms with Crippen LogP contribution in [0, 0.1) is 0 Å². The van der Waals surface area contributed by atoms with Crippen LogP contribution in [0.25, 0.3) is 0 Å². The summed E-state index contributed by atoms with van der Waals surface area (Å²) in [5, 5.41) is 0. The first-order chi connectivity index (χ1) is 16.8. The highest BCUT2D eigenvalue weighted by Crippen LogP contribution is 2.30. The summed E-state index contributed by atoms with van der Waals surface area (Å²) in [5.41, 5.74) is 3.28. The Kier molecular flexibility index (Phi) is 9.43. The lowest BCUT2D eigenvalue weighted by Crippen LogP contribution is -2.39. The molecule has 1 saturated heterocycles. The van der Waals surface area contributed by atoms with Crippen LogP contribution >= 0.6 is 0 Å². The van der Waals surface area contributed by atoms with Crippen LogP contribution in [0.2, 0.25) is 0 Å². The fraction of sp³-hybridized carbons (Fsp3) is 0.310. The normalized spacial score (nSPS) is 22.0. The van der Waals surface area contributed by atoms with Crippen molar-refractivity contribution in [2.75, 3.05) is 13.2 Å². The molecule has 5 nitrogen and oxygen atoms in total. The molecule has 0 saturated carbocycles. The van der Waals surface area contributed by atoms with Gasteiger partial charge < -0.3 is 23.7 Å². The Morgan fingerprint density at radius 3 is 1.68 bits per heavy atom. The van der Waals surface area contributed by atoms with E-state index >= 15 is 0 Å². The molecular weight excluding hydrogens is 428 g/mol. The quantitative estimate of drug-likeness (QED) is 0.324. The SMILES string of the molecule is C=CCOC1O[C@@H](COCc2ccccc2)[C@H](OCc2ccccc2)[C@H]1OCc1ccccc1. The van der Waals surface area contributed by atoms with Gasteiger partial charge in [-0.3, -0.25) is 0 Å². The van der Waals surface area contributed by atoms with Crippen molar-refractivity contribution < 1.29 is 23.7 Å². The van der Waals surface area contributed by atoms with Crippen LogP contribution in [0.15, 0.2) is 104 Å². The lowest BCUT2D eigenvalue weighted by atomic mass is 10.1. The highest BCUT2D eigenvalue weighted by atomic mass is 16.7. The van der Waals surface area contributed by atoms with Gasteiger partial charge >= 0.3 is 0 Å². The van der Waals surface area contributed by atoms with E-state index in [1.807, 2.05) is 91.0 Å². The Labute approximate surface area is 201 Å². The van der Waals surface area contributed by atoms with Crippen LogP contribution < -0.4 is 0 Å². The molecule has 0 bridgehead atoms. The summed E-state index contributed by atoms with van der Waals surface area (Å²) in [6.45, 7) is 5.87. The molecule has 4 atom stereocenters. The van der Waals surface area contributed by atoms with Gasteiger partial charge in [0.25, 0.3) is 0 Å². The first-order valence-corrected chi connectivity index (χ1v) is 11.6. The number of benzene rings is 3. The molecule has 0 aromatic heterocycles. The summed E-state index contributed by atoms with van der Waals surface area (Å²) >= 11 is 0. The second-order valence-corrected chi connectivity index (χ2v) is 8.19. The molecule has 4 rings (SSSR count). The zero-order valence-corrected chi connectivity index (χ0v) is 19.3. The highest BCUT2D eigenvalue weighted by molar-refractivity contribution is 5.15. The van der Waals surface area contributed by atoms with E-state index in [0.717, 1.165) is 16.7 Å². The van der Waals surface area contributed by atoms with Crippen molar-refractivity contribution in [2.45, 2.75) is 44.4 Å². The minimum Gasteiger partial charge on any atom is -0.374 e. The predicted molar refractivity (Wildman–Crippen MR) is 131 cm³/mol. The van der Waals surface area contributed by atoms with Gasteiger partial charge in [0.2, 0.25) is 0 Å². The Balaban J connectivity index is 1.46. The van der Waals surface area contributed by atoms with Crippen LogP contribution in [0.3, 0.4) is 0 Å². The van der Waals surface area contributed by atoms with Gasteiger partial charge in [0, 0.05) is 0 Å². The smallest absolute Gasteiger partial charge is 0.187 e. The molecule has 3 aromatic carbocycles. The number of hydrogen-bond acceptors (Lipinski definition) is 5. The fourth-order valence-corrected chi connectivity index (χ4v) is 3.90. The van der Waals surface area contributed by atoms with Crippen molar-refractivity contribution in [3.05, 3.63) is 120 Å². The molecule has 0 spiro atoms. The van der Waals surface area contributed by atoms with E-state index in [1.54, 1.807) is 6.08 Å². The maximum Gasteiger partial charge on any atom is 0.187 e. The van der Waals surface area contributed by atoms with Gasteiger partial charge in [0.15, 0.2) is 6.29 Å². The zero-order chi connectivity index (χ0) is 23.4. The maximum absolute atomic E-state index is 6.38. The van der Waals surface area contributed by atoms with Crippen molar-refractivity contribution in [1.29, 1.82) is 0 Å². The van der Waals surface area contributed by atoms with E-state index in [0.29, 0.717) is 33.0 Å². The molecular formula is C29H32O5. The summed E-state index contributed by atoms with van der Waals surface area (Å²) < 4.78 is 30.9. The zero-order valence-electron chi connectivity index (χ0n) is 19.3. The summed E-state index contributed by atoms with van der Waals surface area (Å²) in [4.78, 5) is 0. The largest absolute Gasteiger partial charge is 0.374 e. The third-order valence-corrected chi connectivity index (χ3v) is 5.61. The van der Waals surface area contributed by atoms with Crippen LogP contribution in [0.4, 0.5) is 0 Å². The average Bonchev–Trinajstić information content (AvgIpc) is 3.22. The molecule has 1 fully saturated rings. The van der Waals surface area contributed by atoms with E-state index in [4.69, 9.17) is 23.7 Å². The van der Waals surface area contributed by atoms with Crippen LogP contribution in [-0.4, -0.2) is 37.8 Å². The van der Waals surface area contributed by atoms with Gasteiger partial charge in [-0.05, 0) is 16.7 Å². The van der Waals surface area contributed by atoms with E-state index in [2.05, 4.69) is 6.58 Å². The summed E-state index contributed by atoms with van der Waals surface area (Å²) in [6.07, 6.45) is 0.0379. The number of ether oxygens (including phenoxy) is 5. The third kappa shape index (κ3) is 7.10. The van der Waals surface area contributed by atoms with E-state index < -0.39 is 12.4 Å². The second kappa shape index (κ2) is 13.2. The molecule has 1 aliphatic rings. The third-order valence-electron chi connectivity index (χ3n) is 5.61. The van der Waals surface area contributed by atoms with Gasteiger partial charge in [-0.2, -0.15) is 0 Å². The molecule has 0 aliphatic carbocycles. The van der Waals surface area contributed by atoms with Crippen LogP contribution in [0.1, 0.15) is 16.7 Å². The van der Waals surface area contributed by atoms with Crippen molar-refractivity contribution in [3.8, 4) is 0 Å². The van der Waals surface area contributed by atoms with Gasteiger partial charge in [-0.15, -0.1) is 6.58 Å². The minimum absolute atomic E-state index is 0.331. The van der Waals surface area contributed by atoms with Crippen molar-refractivity contribution in [1.82, 2.24) is 0 Å². The van der Waals surface area contributed by atoms with Crippen LogP contribution in [0.5, 0.6) is 0 Å². The number of rotatable bonds is 13.